The van der Waals surface area contributed by atoms with Crippen molar-refractivity contribution in [3.05, 3.63) is 18.6 Å². The average Bonchev–Trinajstić information content (AvgIpc) is 1.95. The molecule has 0 aliphatic heterocycles. The van der Waals surface area contributed by atoms with Gasteiger partial charge in [0.25, 0.3) is 0 Å². The van der Waals surface area contributed by atoms with Gasteiger partial charge < -0.3 is 0 Å². The summed E-state index contributed by atoms with van der Waals surface area (Å²) in [6, 6.07) is 0. The minimum Gasteiger partial charge on any atom is -0.0652 e. The smallest absolute Gasteiger partial charge is 0.0652 e. The first-order valence-corrected chi connectivity index (χ1v) is 13.9. The highest BCUT2D eigenvalue weighted by atomic mass is 127. The molecule has 14 heavy (non-hydrogen) atoms. The molecule has 0 unspecified atom stereocenters. The van der Waals surface area contributed by atoms with E-state index in [1.54, 1.807) is 6.41 Å². The van der Waals surface area contributed by atoms with Crippen LogP contribution in [0.2, 0.25) is 39.3 Å². The van der Waals surface area contributed by atoms with Crippen molar-refractivity contribution in [1.29, 1.82) is 0 Å². The Labute approximate surface area is 118 Å². The molecule has 4 heteroatoms. The monoisotopic (exact) mass is 450 g/mol. The Morgan fingerprint density at radius 1 is 0.714 bits per heavy atom. The van der Waals surface area contributed by atoms with Crippen molar-refractivity contribution in [2.45, 2.75) is 39.3 Å². The molecule has 0 aromatic rings. The minimum atomic E-state index is -1.07. The van der Waals surface area contributed by atoms with Gasteiger partial charge in [-0.05, 0) is 6.41 Å². The molecule has 0 fully saturated rings. The first-order valence-electron chi connectivity index (χ1n) is 4.79. The molecule has 0 saturated heterocycles. The Morgan fingerprint density at radius 3 is 1.07 bits per heavy atom. The first kappa shape index (κ1) is 15.4. The molecule has 0 heterocycles. The quantitative estimate of drug-likeness (QED) is 0.308. The third kappa shape index (κ3) is 6.07. The van der Waals surface area contributed by atoms with Crippen LogP contribution >= 0.6 is 45.2 Å². The highest BCUT2D eigenvalue weighted by Gasteiger charge is 2.18. The summed E-state index contributed by atoms with van der Waals surface area (Å²) in [6.07, 6.45) is 4.65. The number of hydrogen-bond donors (Lipinski definition) is 0. The summed E-state index contributed by atoms with van der Waals surface area (Å²) in [5.41, 5.74) is 0. The Balaban J connectivity index is 4.73. The molecule has 0 spiro atoms. The zero-order valence-corrected chi connectivity index (χ0v) is 16.2. The second-order valence-electron chi connectivity index (χ2n) is 5.53. The van der Waals surface area contributed by atoms with Crippen LogP contribution in [0.25, 0.3) is 0 Å². The summed E-state index contributed by atoms with van der Waals surface area (Å²) >= 11 is 5.00. The zero-order valence-electron chi connectivity index (χ0n) is 9.91. The van der Waals surface area contributed by atoms with Crippen molar-refractivity contribution in [2.75, 3.05) is 0 Å². The van der Waals surface area contributed by atoms with Gasteiger partial charge in [0.1, 0.15) is 0 Å². The van der Waals surface area contributed by atoms with E-state index in [0.29, 0.717) is 0 Å². The van der Waals surface area contributed by atoms with E-state index in [2.05, 4.69) is 96.6 Å². The van der Waals surface area contributed by atoms with Crippen LogP contribution in [0.1, 0.15) is 0 Å². The van der Waals surface area contributed by atoms with Crippen LogP contribution in [0.3, 0.4) is 0 Å². The molecule has 0 aromatic carbocycles. The second-order valence-corrected chi connectivity index (χ2v) is 20.0. The van der Waals surface area contributed by atoms with E-state index in [4.69, 9.17) is 0 Å². The molecule has 0 rings (SSSR count). The van der Waals surface area contributed by atoms with E-state index >= 15 is 0 Å². The van der Waals surface area contributed by atoms with E-state index in [-0.39, 0.29) is 0 Å². The topological polar surface area (TPSA) is 0 Å². The van der Waals surface area contributed by atoms with Crippen LogP contribution < -0.4 is 0 Å². The van der Waals surface area contributed by atoms with Gasteiger partial charge >= 0.3 is 0 Å². The molecule has 0 saturated carbocycles. The third-order valence-electron chi connectivity index (χ3n) is 1.81. The maximum absolute atomic E-state index is 2.50. The van der Waals surface area contributed by atoms with Crippen molar-refractivity contribution < 1.29 is 0 Å². The van der Waals surface area contributed by atoms with Gasteiger partial charge in [-0.25, -0.2) is 0 Å². The fourth-order valence-electron chi connectivity index (χ4n) is 0.646. The van der Waals surface area contributed by atoms with Gasteiger partial charge in [-0.1, -0.05) is 96.6 Å². The van der Waals surface area contributed by atoms with Crippen molar-refractivity contribution in [3.63, 3.8) is 0 Å². The summed E-state index contributed by atoms with van der Waals surface area (Å²) in [4.78, 5) is 0. The lowest BCUT2D eigenvalue weighted by atomic mass is 10.6. The highest BCUT2D eigenvalue weighted by molar-refractivity contribution is 14.1. The van der Waals surface area contributed by atoms with Gasteiger partial charge in [0, 0.05) is 0 Å². The van der Waals surface area contributed by atoms with Crippen molar-refractivity contribution in [3.8, 4) is 0 Å². The lowest BCUT2D eigenvalue weighted by Gasteiger charge is -2.16. The molecule has 0 nitrogen and oxygen atoms in total. The Kier molecular flexibility index (Phi) is 6.18. The summed E-state index contributed by atoms with van der Waals surface area (Å²) in [5, 5.41) is 0. The molecule has 0 aromatic heterocycles. The van der Waals surface area contributed by atoms with Crippen LogP contribution in [-0.2, 0) is 0 Å². The lowest BCUT2D eigenvalue weighted by Crippen LogP contribution is -2.21. The zero-order chi connectivity index (χ0) is 11.6. The number of hydrogen-bond acceptors (Lipinski definition) is 0. The normalized spacial score (nSPS) is 16.0. The molecule has 0 amide bonds. The van der Waals surface area contributed by atoms with E-state index in [9.17, 15) is 0 Å². The summed E-state index contributed by atoms with van der Waals surface area (Å²) in [7, 11) is -2.14. The third-order valence-corrected chi connectivity index (χ3v) is 15.4. The van der Waals surface area contributed by atoms with Crippen molar-refractivity contribution in [2.24, 2.45) is 0 Å². The van der Waals surface area contributed by atoms with Crippen molar-refractivity contribution in [1.82, 2.24) is 0 Å². The molecule has 0 atom stereocenters. The van der Waals surface area contributed by atoms with Gasteiger partial charge in [0.2, 0.25) is 0 Å². The van der Waals surface area contributed by atoms with E-state index in [0.717, 1.165) is 0 Å². The number of rotatable bonds is 3. The summed E-state index contributed by atoms with van der Waals surface area (Å²) < 4.78 is 3.12. The SMILES string of the molecule is C[Si](C)(C)/C(I)=C/C=C(\I)[Si](C)(C)C. The van der Waals surface area contributed by atoms with Crippen LogP contribution in [-0.4, -0.2) is 16.1 Å². The van der Waals surface area contributed by atoms with Gasteiger partial charge in [0.05, 0.1) is 16.1 Å². The van der Waals surface area contributed by atoms with E-state index in [1.165, 1.54) is 0 Å². The Morgan fingerprint density at radius 2 is 0.929 bits per heavy atom. The Hall–Kier alpha value is 1.37. The predicted molar refractivity (Wildman–Crippen MR) is 90.9 cm³/mol. The summed E-state index contributed by atoms with van der Waals surface area (Å²) in [6.45, 7) is 14.3. The maximum atomic E-state index is 2.50. The van der Waals surface area contributed by atoms with E-state index < -0.39 is 16.1 Å². The van der Waals surface area contributed by atoms with Gasteiger partial charge in [0.15, 0.2) is 0 Å². The fraction of sp³-hybridized carbons (Fsp3) is 0.600. The molecule has 0 N–H and O–H groups in total. The van der Waals surface area contributed by atoms with Gasteiger partial charge in [-0.15, -0.1) is 0 Å². The second kappa shape index (κ2) is 5.63. The lowest BCUT2D eigenvalue weighted by molar-refractivity contribution is 1.73. The summed E-state index contributed by atoms with van der Waals surface area (Å²) in [5.74, 6) is 0. The van der Waals surface area contributed by atoms with Crippen LogP contribution in [0.15, 0.2) is 18.6 Å². The standard InChI is InChI=1S/C10H20I2Si2/c1-13(2,3)9(11)7-8-10(12)14(4,5)6/h7-8H,1-6H3/b9-7+,10-8+. The largest absolute Gasteiger partial charge is 0.0854 e. The average molecular weight is 450 g/mol. The molecular formula is C10H20I2Si2. The van der Waals surface area contributed by atoms with Gasteiger partial charge in [-0.2, -0.15) is 0 Å². The van der Waals surface area contributed by atoms with Crippen LogP contribution in [0, 0.1) is 0 Å². The highest BCUT2D eigenvalue weighted by Crippen LogP contribution is 2.25. The van der Waals surface area contributed by atoms with Gasteiger partial charge in [-0.3, -0.25) is 0 Å². The Bertz CT molecular complexity index is 226. The van der Waals surface area contributed by atoms with Crippen LogP contribution in [0.5, 0.6) is 0 Å². The molecule has 0 bridgehead atoms. The molecule has 0 radical (unpaired) electrons. The van der Waals surface area contributed by atoms with Crippen LogP contribution in [0.4, 0.5) is 0 Å². The minimum absolute atomic E-state index is 1.07. The maximum Gasteiger partial charge on any atom is 0.0854 e. The fourth-order valence-corrected chi connectivity index (χ4v) is 2.17. The van der Waals surface area contributed by atoms with Crippen molar-refractivity contribution >= 4 is 61.3 Å². The number of allylic oxidation sites excluding steroid dienone is 2. The number of halogens is 2. The molecule has 0 aliphatic carbocycles. The molecular weight excluding hydrogens is 430 g/mol. The predicted octanol–water partition coefficient (Wildman–Crippen LogP) is 5.38. The first-order chi connectivity index (χ1) is 6.05. The van der Waals surface area contributed by atoms with E-state index in [1.807, 2.05) is 0 Å². The molecule has 82 valence electrons. The molecule has 0 aliphatic rings.